The van der Waals surface area contributed by atoms with Gasteiger partial charge in [0.1, 0.15) is 5.82 Å². The van der Waals surface area contributed by atoms with E-state index in [4.69, 9.17) is 9.72 Å². The largest absolute Gasteiger partial charge is 0.453 e. The summed E-state index contributed by atoms with van der Waals surface area (Å²) in [6.45, 7) is 15.9. The molecule has 0 unspecified atom stereocenters. The van der Waals surface area contributed by atoms with Gasteiger partial charge in [-0.3, -0.25) is 4.57 Å². The van der Waals surface area contributed by atoms with Gasteiger partial charge in [0.2, 0.25) is 0 Å². The molecule has 1 aromatic heterocycles. The summed E-state index contributed by atoms with van der Waals surface area (Å²) in [5.41, 5.74) is 19.9. The summed E-state index contributed by atoms with van der Waals surface area (Å²) in [7, 11) is 0. The first kappa shape index (κ1) is 29.2. The molecule has 0 amide bonds. The second-order valence-corrected chi connectivity index (χ2v) is 15.5. The molecule has 2 bridgehead atoms. The van der Waals surface area contributed by atoms with E-state index in [0.29, 0.717) is 0 Å². The summed E-state index contributed by atoms with van der Waals surface area (Å²) >= 11 is 0. The standard InChI is InChI=1S/C42H36BN3O.C2H6/c1-23-20-30-36-31(21-23)46-39-28(44-40(46)34-24(2)10-8-11-25(34)3)22-26-35(42(5)18-16-41(26,4)17-19-42)37(39)43(36)27-12-9-15-33-38(27)45(30)29-13-6-7-14-32(29)47-33;1-2/h6-15,20-22H,16-19H2,1-5H3;1-2H3. The van der Waals surface area contributed by atoms with E-state index in [1.54, 1.807) is 11.1 Å². The third kappa shape index (κ3) is 3.53. The molecule has 0 radical (unpaired) electrons. The number of benzene rings is 5. The lowest BCUT2D eigenvalue weighted by Crippen LogP contribution is -2.64. The van der Waals surface area contributed by atoms with Crippen molar-refractivity contribution < 1.29 is 4.74 Å². The Labute approximate surface area is 289 Å². The Morgan fingerprint density at radius 1 is 0.714 bits per heavy atom. The zero-order valence-corrected chi connectivity index (χ0v) is 29.7. The molecule has 5 aromatic carbocycles. The van der Waals surface area contributed by atoms with Gasteiger partial charge in [0, 0.05) is 16.9 Å². The van der Waals surface area contributed by atoms with E-state index in [1.807, 2.05) is 13.8 Å². The van der Waals surface area contributed by atoms with Crippen LogP contribution in [-0.2, 0) is 10.8 Å². The Kier molecular flexibility index (Phi) is 5.77. The van der Waals surface area contributed by atoms with E-state index in [9.17, 15) is 0 Å². The summed E-state index contributed by atoms with van der Waals surface area (Å²) in [5.74, 6) is 2.90. The van der Waals surface area contributed by atoms with Crippen molar-refractivity contribution in [3.8, 4) is 28.6 Å². The predicted molar refractivity (Wildman–Crippen MR) is 205 cm³/mol. The topological polar surface area (TPSA) is 30.3 Å². The van der Waals surface area contributed by atoms with Crippen LogP contribution >= 0.6 is 0 Å². The van der Waals surface area contributed by atoms with Gasteiger partial charge in [-0.05, 0) is 138 Å². The number of anilines is 3. The summed E-state index contributed by atoms with van der Waals surface area (Å²) < 4.78 is 9.25. The highest BCUT2D eigenvalue weighted by atomic mass is 16.5. The lowest BCUT2D eigenvalue weighted by atomic mass is 9.31. The van der Waals surface area contributed by atoms with Crippen LogP contribution in [-0.4, -0.2) is 16.3 Å². The first-order chi connectivity index (χ1) is 23.8. The molecular weight excluding hydrogens is 597 g/mol. The van der Waals surface area contributed by atoms with Crippen molar-refractivity contribution in [3.05, 3.63) is 107 Å². The van der Waals surface area contributed by atoms with Crippen molar-refractivity contribution in [1.82, 2.24) is 9.55 Å². The number of aromatic nitrogens is 2. The van der Waals surface area contributed by atoms with Crippen molar-refractivity contribution >= 4 is 51.2 Å². The highest BCUT2D eigenvalue weighted by Gasteiger charge is 2.54. The van der Waals surface area contributed by atoms with Crippen LogP contribution in [0.2, 0.25) is 0 Å². The van der Waals surface area contributed by atoms with E-state index in [1.165, 1.54) is 86.9 Å². The molecular formula is C44H42BN3O. The maximum Gasteiger partial charge on any atom is 0.252 e. The van der Waals surface area contributed by atoms with Crippen LogP contribution in [0, 0.1) is 20.8 Å². The van der Waals surface area contributed by atoms with E-state index < -0.39 is 0 Å². The van der Waals surface area contributed by atoms with Gasteiger partial charge >= 0.3 is 0 Å². The number of fused-ring (bicyclic) bond motifs is 8. The average Bonchev–Trinajstić information content (AvgIpc) is 3.48. The van der Waals surface area contributed by atoms with Gasteiger partial charge in [0.25, 0.3) is 6.71 Å². The van der Waals surface area contributed by atoms with Crippen molar-refractivity contribution in [2.45, 2.75) is 85.0 Å². The Hall–Kier alpha value is -4.77. The minimum Gasteiger partial charge on any atom is -0.453 e. The van der Waals surface area contributed by atoms with Crippen LogP contribution in [0.25, 0.3) is 28.1 Å². The maximum atomic E-state index is 6.68. The van der Waals surface area contributed by atoms with Crippen LogP contribution in [0.4, 0.5) is 17.1 Å². The number of imidazole rings is 1. The van der Waals surface area contributed by atoms with Crippen LogP contribution in [0.3, 0.4) is 0 Å². The zero-order chi connectivity index (χ0) is 33.6. The Morgan fingerprint density at radius 3 is 2.16 bits per heavy atom. The van der Waals surface area contributed by atoms with Crippen LogP contribution in [0.1, 0.15) is 81.2 Å². The first-order valence-corrected chi connectivity index (χ1v) is 18.3. The number of nitrogens with zero attached hydrogens (tertiary/aromatic N) is 3. The molecule has 0 N–H and O–H groups in total. The highest BCUT2D eigenvalue weighted by molar-refractivity contribution is 7.00. The van der Waals surface area contributed by atoms with Gasteiger partial charge in [-0.15, -0.1) is 0 Å². The van der Waals surface area contributed by atoms with Gasteiger partial charge in [-0.25, -0.2) is 4.98 Å². The minimum absolute atomic E-state index is 0.0907. The molecule has 0 atom stereocenters. The van der Waals surface area contributed by atoms with Crippen LogP contribution in [0.15, 0.2) is 78.9 Å². The minimum atomic E-state index is 0.0907. The van der Waals surface area contributed by atoms with Crippen molar-refractivity contribution in [3.63, 3.8) is 0 Å². The summed E-state index contributed by atoms with van der Waals surface area (Å²) in [4.78, 5) is 8.15. The number of hydrogen-bond acceptors (Lipinski definition) is 3. The molecule has 0 spiro atoms. The Bertz CT molecular complexity index is 2410. The van der Waals surface area contributed by atoms with Gasteiger partial charge in [-0.1, -0.05) is 70.2 Å². The van der Waals surface area contributed by atoms with Crippen molar-refractivity contribution in [1.29, 1.82) is 0 Å². The van der Waals surface area contributed by atoms with Crippen LogP contribution < -0.4 is 26.0 Å². The van der Waals surface area contributed by atoms with E-state index >= 15 is 0 Å². The lowest BCUT2D eigenvalue weighted by Gasteiger charge is -2.54. The SMILES string of the molecule is CC.Cc1cc2c3c(c1)-n1c(-c4c(C)cccc4C)nc4cc5c(c(c41)B3c1cccc3c1N2c1ccccc1O3)C1(C)CCC5(C)CC1. The smallest absolute Gasteiger partial charge is 0.252 e. The van der Waals surface area contributed by atoms with Crippen molar-refractivity contribution in [2.75, 3.05) is 4.90 Å². The molecule has 0 saturated heterocycles. The van der Waals surface area contributed by atoms with Gasteiger partial charge in [-0.2, -0.15) is 0 Å². The molecule has 242 valence electrons. The fourth-order valence-electron chi connectivity index (χ4n) is 10.3. The van der Waals surface area contributed by atoms with E-state index in [2.05, 4.69) is 123 Å². The number of aryl methyl sites for hydroxylation is 3. The van der Waals surface area contributed by atoms with Gasteiger partial charge in [0.05, 0.1) is 22.4 Å². The average molecular weight is 640 g/mol. The summed E-state index contributed by atoms with van der Waals surface area (Å²) in [6, 6.07) is 29.2. The summed E-state index contributed by atoms with van der Waals surface area (Å²) in [6.07, 6.45) is 4.97. The Balaban J connectivity index is 0.00000150. The van der Waals surface area contributed by atoms with E-state index in [0.717, 1.165) is 28.5 Å². The highest BCUT2D eigenvalue weighted by Crippen LogP contribution is 2.58. The molecule has 12 rings (SSSR count). The molecule has 5 heteroatoms. The van der Waals surface area contributed by atoms with Crippen LogP contribution in [0.5, 0.6) is 11.5 Å². The third-order valence-corrected chi connectivity index (χ3v) is 12.6. The first-order valence-electron chi connectivity index (χ1n) is 18.3. The molecule has 3 aliphatic carbocycles. The monoisotopic (exact) mass is 639 g/mol. The number of para-hydroxylation sites is 3. The fourth-order valence-corrected chi connectivity index (χ4v) is 10.3. The molecule has 6 aliphatic rings. The fraction of sp³-hybridized carbons (Fsp3) is 0.295. The van der Waals surface area contributed by atoms with E-state index in [-0.39, 0.29) is 17.5 Å². The normalized spacial score (nSPS) is 21.3. The quantitative estimate of drug-likeness (QED) is 0.168. The molecule has 1 fully saturated rings. The number of ether oxygens (including phenoxy) is 1. The van der Waals surface area contributed by atoms with Crippen molar-refractivity contribution in [2.24, 2.45) is 0 Å². The predicted octanol–water partition coefficient (Wildman–Crippen LogP) is 9.47. The molecule has 49 heavy (non-hydrogen) atoms. The molecule has 3 aliphatic heterocycles. The lowest BCUT2D eigenvalue weighted by molar-refractivity contribution is 0.189. The molecule has 4 nitrogen and oxygen atoms in total. The third-order valence-electron chi connectivity index (χ3n) is 12.6. The molecule has 1 saturated carbocycles. The maximum absolute atomic E-state index is 6.68. The number of hydrogen-bond donors (Lipinski definition) is 0. The molecule has 6 aromatic rings. The zero-order valence-electron chi connectivity index (χ0n) is 29.7. The molecule has 4 heterocycles. The Morgan fingerprint density at radius 2 is 1.39 bits per heavy atom. The number of rotatable bonds is 1. The summed E-state index contributed by atoms with van der Waals surface area (Å²) in [5, 5.41) is 0. The second kappa shape index (κ2) is 9.69. The van der Waals surface area contributed by atoms with Gasteiger partial charge in [0.15, 0.2) is 11.5 Å². The van der Waals surface area contributed by atoms with Gasteiger partial charge < -0.3 is 9.64 Å². The second-order valence-electron chi connectivity index (χ2n) is 15.5.